The first-order valence-electron chi connectivity index (χ1n) is 9.34. The number of hydrogen-bond donors (Lipinski definition) is 0. The fourth-order valence-corrected chi connectivity index (χ4v) is 2.88. The van der Waals surface area contributed by atoms with E-state index in [0.717, 1.165) is 23.3 Å². The van der Waals surface area contributed by atoms with Gasteiger partial charge in [0.2, 0.25) is 11.7 Å². The standard InChI is InChI=1S/C21H25N5O2/c1-4-12-25(14-17-10-8-16(2)9-11-17)20(27)15-26-23-21(22-24-26)18-6-5-7-19(13-18)28-3/h5-11,13H,4,12,14-15H2,1-3H3. The molecule has 0 saturated heterocycles. The lowest BCUT2D eigenvalue weighted by atomic mass is 10.1. The minimum Gasteiger partial charge on any atom is -0.497 e. The minimum atomic E-state index is -0.0305. The molecule has 0 N–H and O–H groups in total. The van der Waals surface area contributed by atoms with Gasteiger partial charge < -0.3 is 9.64 Å². The van der Waals surface area contributed by atoms with E-state index in [9.17, 15) is 4.79 Å². The van der Waals surface area contributed by atoms with E-state index in [-0.39, 0.29) is 12.5 Å². The van der Waals surface area contributed by atoms with Gasteiger partial charge in [0.05, 0.1) is 7.11 Å². The summed E-state index contributed by atoms with van der Waals surface area (Å²) in [7, 11) is 1.61. The summed E-state index contributed by atoms with van der Waals surface area (Å²) < 4.78 is 5.23. The van der Waals surface area contributed by atoms with E-state index in [0.29, 0.717) is 18.9 Å². The van der Waals surface area contributed by atoms with Gasteiger partial charge in [-0.05, 0) is 36.3 Å². The Bertz CT molecular complexity index is 921. The summed E-state index contributed by atoms with van der Waals surface area (Å²) in [6, 6.07) is 15.7. The molecule has 1 aromatic heterocycles. The van der Waals surface area contributed by atoms with Gasteiger partial charge in [0.15, 0.2) is 0 Å². The molecule has 0 atom stereocenters. The van der Waals surface area contributed by atoms with Crippen molar-refractivity contribution in [3.8, 4) is 17.1 Å². The maximum Gasteiger partial charge on any atom is 0.246 e. The van der Waals surface area contributed by atoms with Crippen LogP contribution >= 0.6 is 0 Å². The second-order valence-corrected chi connectivity index (χ2v) is 6.68. The number of nitrogens with zero attached hydrogens (tertiary/aromatic N) is 5. The predicted molar refractivity (Wildman–Crippen MR) is 107 cm³/mol. The first kappa shape index (κ1) is 19.5. The summed E-state index contributed by atoms with van der Waals surface area (Å²) in [6.07, 6.45) is 0.886. The number of amides is 1. The molecule has 1 amide bonds. The van der Waals surface area contributed by atoms with Crippen molar-refractivity contribution in [3.05, 3.63) is 59.7 Å². The molecule has 3 rings (SSSR count). The number of rotatable bonds is 8. The molecule has 0 radical (unpaired) electrons. The van der Waals surface area contributed by atoms with Crippen LogP contribution in [-0.2, 0) is 17.9 Å². The molecule has 0 aliphatic carbocycles. The van der Waals surface area contributed by atoms with Gasteiger partial charge in [-0.15, -0.1) is 10.2 Å². The van der Waals surface area contributed by atoms with E-state index in [4.69, 9.17) is 4.74 Å². The van der Waals surface area contributed by atoms with Crippen molar-refractivity contribution in [3.63, 3.8) is 0 Å². The average molecular weight is 379 g/mol. The van der Waals surface area contributed by atoms with Gasteiger partial charge in [-0.3, -0.25) is 4.79 Å². The van der Waals surface area contributed by atoms with Crippen LogP contribution in [-0.4, -0.2) is 44.7 Å². The zero-order chi connectivity index (χ0) is 19.9. The Hall–Kier alpha value is -3.22. The molecule has 0 bridgehead atoms. The SMILES string of the molecule is CCCN(Cc1ccc(C)cc1)C(=O)Cn1nnc(-c2cccc(OC)c2)n1. The first-order valence-corrected chi connectivity index (χ1v) is 9.34. The van der Waals surface area contributed by atoms with Gasteiger partial charge >= 0.3 is 0 Å². The molecule has 0 fully saturated rings. The molecule has 146 valence electrons. The Kier molecular flexibility index (Phi) is 6.37. The summed E-state index contributed by atoms with van der Waals surface area (Å²) >= 11 is 0. The third kappa shape index (κ3) is 4.94. The highest BCUT2D eigenvalue weighted by molar-refractivity contribution is 5.75. The molecule has 0 unspecified atom stereocenters. The van der Waals surface area contributed by atoms with Crippen molar-refractivity contribution in [2.24, 2.45) is 0 Å². The minimum absolute atomic E-state index is 0.0305. The monoisotopic (exact) mass is 379 g/mol. The van der Waals surface area contributed by atoms with Crippen LogP contribution in [0.15, 0.2) is 48.5 Å². The van der Waals surface area contributed by atoms with E-state index in [2.05, 4.69) is 53.5 Å². The third-order valence-electron chi connectivity index (χ3n) is 4.40. The summed E-state index contributed by atoms with van der Waals surface area (Å²) in [6.45, 7) is 5.43. The maximum absolute atomic E-state index is 12.8. The van der Waals surface area contributed by atoms with Crippen molar-refractivity contribution >= 4 is 5.91 Å². The molecular formula is C21H25N5O2. The smallest absolute Gasteiger partial charge is 0.246 e. The molecule has 28 heavy (non-hydrogen) atoms. The quantitative estimate of drug-likeness (QED) is 0.601. The van der Waals surface area contributed by atoms with E-state index in [1.807, 2.05) is 29.2 Å². The Morgan fingerprint density at radius 1 is 1.18 bits per heavy atom. The van der Waals surface area contributed by atoms with E-state index >= 15 is 0 Å². The normalized spacial score (nSPS) is 10.7. The van der Waals surface area contributed by atoms with Crippen LogP contribution in [0.25, 0.3) is 11.4 Å². The highest BCUT2D eigenvalue weighted by Crippen LogP contribution is 2.19. The second-order valence-electron chi connectivity index (χ2n) is 6.68. The van der Waals surface area contributed by atoms with Crippen molar-refractivity contribution in [2.45, 2.75) is 33.4 Å². The number of hydrogen-bond acceptors (Lipinski definition) is 5. The fraction of sp³-hybridized carbons (Fsp3) is 0.333. The number of aromatic nitrogens is 4. The highest BCUT2D eigenvalue weighted by atomic mass is 16.5. The van der Waals surface area contributed by atoms with Crippen LogP contribution in [0.4, 0.5) is 0 Å². The van der Waals surface area contributed by atoms with Crippen LogP contribution in [0.2, 0.25) is 0 Å². The molecule has 7 heteroatoms. The molecular weight excluding hydrogens is 354 g/mol. The number of tetrazole rings is 1. The van der Waals surface area contributed by atoms with Crippen LogP contribution in [0.1, 0.15) is 24.5 Å². The highest BCUT2D eigenvalue weighted by Gasteiger charge is 2.16. The second kappa shape index (κ2) is 9.12. The van der Waals surface area contributed by atoms with Gasteiger partial charge in [-0.1, -0.05) is 48.9 Å². The lowest BCUT2D eigenvalue weighted by Gasteiger charge is -2.22. The lowest BCUT2D eigenvalue weighted by Crippen LogP contribution is -2.34. The number of carbonyl (C=O) groups is 1. The zero-order valence-corrected chi connectivity index (χ0v) is 16.5. The van der Waals surface area contributed by atoms with Gasteiger partial charge in [0, 0.05) is 18.7 Å². The first-order chi connectivity index (χ1) is 13.6. The Morgan fingerprint density at radius 3 is 2.68 bits per heavy atom. The van der Waals surface area contributed by atoms with Crippen LogP contribution < -0.4 is 4.74 Å². The third-order valence-corrected chi connectivity index (χ3v) is 4.40. The topological polar surface area (TPSA) is 73.1 Å². The average Bonchev–Trinajstić information content (AvgIpc) is 3.18. The molecule has 0 aliphatic heterocycles. The molecule has 3 aromatic rings. The number of aryl methyl sites for hydroxylation is 1. The van der Waals surface area contributed by atoms with Crippen LogP contribution in [0, 0.1) is 6.92 Å². The predicted octanol–water partition coefficient (Wildman–Crippen LogP) is 3.10. The van der Waals surface area contributed by atoms with Gasteiger partial charge in [0.25, 0.3) is 0 Å². The lowest BCUT2D eigenvalue weighted by molar-refractivity contribution is -0.133. The number of benzene rings is 2. The van der Waals surface area contributed by atoms with Gasteiger partial charge in [0.1, 0.15) is 12.3 Å². The Labute approximate surface area is 164 Å². The van der Waals surface area contributed by atoms with Crippen molar-refractivity contribution in [1.29, 1.82) is 0 Å². The number of carbonyl (C=O) groups excluding carboxylic acids is 1. The van der Waals surface area contributed by atoms with E-state index < -0.39 is 0 Å². The van der Waals surface area contributed by atoms with E-state index in [1.54, 1.807) is 7.11 Å². The Morgan fingerprint density at radius 2 is 1.96 bits per heavy atom. The van der Waals surface area contributed by atoms with Crippen molar-refractivity contribution in [1.82, 2.24) is 25.1 Å². The summed E-state index contributed by atoms with van der Waals surface area (Å²) in [5.74, 6) is 1.15. The molecule has 1 heterocycles. The summed E-state index contributed by atoms with van der Waals surface area (Å²) in [5.41, 5.74) is 3.10. The van der Waals surface area contributed by atoms with Crippen LogP contribution in [0.5, 0.6) is 5.75 Å². The van der Waals surface area contributed by atoms with Crippen LogP contribution in [0.3, 0.4) is 0 Å². The number of ether oxygens (including phenoxy) is 1. The van der Waals surface area contributed by atoms with Crippen molar-refractivity contribution < 1.29 is 9.53 Å². The summed E-state index contributed by atoms with van der Waals surface area (Å²) in [5, 5.41) is 12.5. The molecule has 0 saturated carbocycles. The van der Waals surface area contributed by atoms with E-state index in [1.165, 1.54) is 10.4 Å². The molecule has 0 aliphatic rings. The molecule has 0 spiro atoms. The van der Waals surface area contributed by atoms with Crippen molar-refractivity contribution in [2.75, 3.05) is 13.7 Å². The fourth-order valence-electron chi connectivity index (χ4n) is 2.88. The molecule has 7 nitrogen and oxygen atoms in total. The maximum atomic E-state index is 12.8. The summed E-state index contributed by atoms with van der Waals surface area (Å²) in [4.78, 5) is 16.0. The van der Waals surface area contributed by atoms with Gasteiger partial charge in [-0.25, -0.2) is 0 Å². The largest absolute Gasteiger partial charge is 0.497 e. The van der Waals surface area contributed by atoms with Gasteiger partial charge in [-0.2, -0.15) is 4.80 Å². The molecule has 2 aromatic carbocycles. The Balaban J connectivity index is 1.69. The number of methoxy groups -OCH3 is 1. The zero-order valence-electron chi connectivity index (χ0n) is 16.5.